The van der Waals surface area contributed by atoms with Crippen molar-refractivity contribution in [2.45, 2.75) is 24.5 Å². The van der Waals surface area contributed by atoms with Crippen molar-refractivity contribution >= 4 is 38.9 Å². The summed E-state index contributed by atoms with van der Waals surface area (Å²) in [7, 11) is -2.37. The van der Waals surface area contributed by atoms with Gasteiger partial charge in [0, 0.05) is 13.6 Å². The van der Waals surface area contributed by atoms with Crippen LogP contribution in [0.5, 0.6) is 11.5 Å². The number of halogens is 1. The Morgan fingerprint density at radius 3 is 2.45 bits per heavy atom. The Morgan fingerprint density at radius 1 is 1.14 bits per heavy atom. The van der Waals surface area contributed by atoms with Crippen molar-refractivity contribution in [3.05, 3.63) is 40.2 Å². The highest BCUT2D eigenvalue weighted by Crippen LogP contribution is 2.29. The Balaban J connectivity index is 1.88. The number of amides is 1. The number of likely N-dealkylation sites (N-methyl/N-ethyl adjacent to an activating group) is 1. The lowest BCUT2D eigenvalue weighted by Crippen LogP contribution is -2.38. The quantitative estimate of drug-likeness (QED) is 0.556. The maximum absolute atomic E-state index is 12.4. The van der Waals surface area contributed by atoms with Crippen molar-refractivity contribution in [3.63, 3.8) is 0 Å². The number of benzene rings is 1. The van der Waals surface area contributed by atoms with Crippen LogP contribution in [0, 0.1) is 0 Å². The second-order valence-corrected chi connectivity index (χ2v) is 10.1. The number of hydrogen-bond acceptors (Lipinski definition) is 6. The molecule has 0 saturated carbocycles. The van der Waals surface area contributed by atoms with Gasteiger partial charge in [-0.1, -0.05) is 17.7 Å². The van der Waals surface area contributed by atoms with Crippen LogP contribution < -0.4 is 14.8 Å². The van der Waals surface area contributed by atoms with Crippen LogP contribution in [-0.2, 0) is 21.2 Å². The number of ether oxygens (including phenoxy) is 2. The van der Waals surface area contributed by atoms with E-state index in [4.69, 9.17) is 21.1 Å². The van der Waals surface area contributed by atoms with Crippen LogP contribution in [0.15, 0.2) is 34.5 Å². The fourth-order valence-corrected chi connectivity index (χ4v) is 5.35. The van der Waals surface area contributed by atoms with Gasteiger partial charge in [0.1, 0.15) is 4.21 Å². The van der Waals surface area contributed by atoms with Gasteiger partial charge in [-0.15, -0.1) is 11.3 Å². The minimum absolute atomic E-state index is 0.107. The van der Waals surface area contributed by atoms with Crippen molar-refractivity contribution in [3.8, 4) is 11.5 Å². The number of nitrogens with one attached hydrogen (secondary N) is 1. The topological polar surface area (TPSA) is 84.9 Å². The number of carbonyl (C=O) groups excluding carboxylic acids is 1. The van der Waals surface area contributed by atoms with Gasteiger partial charge in [0.25, 0.3) is 10.0 Å². The predicted octanol–water partition coefficient (Wildman–Crippen LogP) is 3.18. The van der Waals surface area contributed by atoms with Crippen molar-refractivity contribution in [2.24, 2.45) is 0 Å². The molecule has 0 saturated heterocycles. The van der Waals surface area contributed by atoms with E-state index < -0.39 is 10.0 Å². The summed E-state index contributed by atoms with van der Waals surface area (Å²) in [6, 6.07) is 8.59. The summed E-state index contributed by atoms with van der Waals surface area (Å²) < 4.78 is 37.5. The number of nitrogens with zero attached hydrogens (tertiary/aromatic N) is 1. The minimum atomic E-state index is -3.74. The van der Waals surface area contributed by atoms with Gasteiger partial charge in [0.15, 0.2) is 11.5 Å². The van der Waals surface area contributed by atoms with Crippen molar-refractivity contribution in [1.29, 1.82) is 0 Å². The molecule has 0 aliphatic carbocycles. The molecule has 160 valence electrons. The zero-order chi connectivity index (χ0) is 21.4. The highest BCUT2D eigenvalue weighted by molar-refractivity contribution is 7.91. The van der Waals surface area contributed by atoms with Crippen molar-refractivity contribution in [1.82, 2.24) is 9.62 Å². The van der Waals surface area contributed by atoms with Gasteiger partial charge in [0.2, 0.25) is 5.91 Å². The molecule has 0 unspecified atom stereocenters. The zero-order valence-corrected chi connectivity index (χ0v) is 19.0. The normalized spacial score (nSPS) is 11.5. The Kier molecular flexibility index (Phi) is 8.76. The number of rotatable bonds is 11. The van der Waals surface area contributed by atoms with Gasteiger partial charge in [-0.3, -0.25) is 4.79 Å². The largest absolute Gasteiger partial charge is 0.490 e. The molecule has 2 rings (SSSR count). The lowest BCUT2D eigenvalue weighted by atomic mass is 10.1. The van der Waals surface area contributed by atoms with Crippen LogP contribution in [0.1, 0.15) is 19.4 Å². The van der Waals surface area contributed by atoms with Crippen molar-refractivity contribution in [2.75, 3.05) is 33.4 Å². The Morgan fingerprint density at radius 2 is 1.83 bits per heavy atom. The second-order valence-electron chi connectivity index (χ2n) is 6.07. The van der Waals surface area contributed by atoms with E-state index in [0.717, 1.165) is 21.2 Å². The third kappa shape index (κ3) is 6.60. The van der Waals surface area contributed by atoms with E-state index in [1.165, 1.54) is 19.2 Å². The summed E-state index contributed by atoms with van der Waals surface area (Å²) in [6.07, 6.45) is 0.579. The van der Waals surface area contributed by atoms with E-state index in [0.29, 0.717) is 42.0 Å². The molecule has 7 nitrogen and oxygen atoms in total. The highest BCUT2D eigenvalue weighted by atomic mass is 35.5. The fraction of sp³-hybridized carbons (Fsp3) is 0.421. The molecule has 29 heavy (non-hydrogen) atoms. The predicted molar refractivity (Wildman–Crippen MR) is 115 cm³/mol. The molecule has 0 bridgehead atoms. The molecule has 1 aromatic carbocycles. The van der Waals surface area contributed by atoms with Crippen LogP contribution in [-0.4, -0.2) is 52.0 Å². The maximum atomic E-state index is 12.4. The highest BCUT2D eigenvalue weighted by Gasteiger charge is 2.24. The van der Waals surface area contributed by atoms with Crippen molar-refractivity contribution < 1.29 is 22.7 Å². The van der Waals surface area contributed by atoms with E-state index in [2.05, 4.69) is 5.32 Å². The zero-order valence-electron chi connectivity index (χ0n) is 16.6. The first-order chi connectivity index (χ1) is 13.8. The molecule has 1 aromatic heterocycles. The van der Waals surface area contributed by atoms with E-state index in [1.54, 1.807) is 0 Å². The van der Waals surface area contributed by atoms with Gasteiger partial charge in [-0.2, -0.15) is 4.31 Å². The first kappa shape index (κ1) is 23.5. The molecule has 0 aliphatic heterocycles. The standard InChI is InChI=1S/C19H25ClN2O5S2/c1-4-26-15-7-6-14(12-16(15)27-5-2)10-11-21-18(23)13-22(3)29(24,25)19-9-8-17(20)28-19/h6-9,12H,4-5,10-11,13H2,1-3H3,(H,21,23). The molecule has 10 heteroatoms. The van der Waals surface area contributed by atoms with E-state index in [-0.39, 0.29) is 16.7 Å². The molecule has 0 fully saturated rings. The number of carbonyl (C=O) groups is 1. The van der Waals surface area contributed by atoms with Crippen LogP contribution in [0.25, 0.3) is 0 Å². The van der Waals surface area contributed by atoms with Crippen LogP contribution in [0.3, 0.4) is 0 Å². The smallest absolute Gasteiger partial charge is 0.252 e. The van der Waals surface area contributed by atoms with E-state index >= 15 is 0 Å². The van der Waals surface area contributed by atoms with Gasteiger partial charge in [-0.25, -0.2) is 8.42 Å². The first-order valence-corrected chi connectivity index (χ1v) is 11.8. The SMILES string of the molecule is CCOc1ccc(CCNC(=O)CN(C)S(=O)(=O)c2ccc(Cl)s2)cc1OCC. The molecule has 0 spiro atoms. The Bertz CT molecular complexity index is 930. The van der Waals surface area contributed by atoms with Gasteiger partial charge in [-0.05, 0) is 50.1 Å². The summed E-state index contributed by atoms with van der Waals surface area (Å²) >= 11 is 6.76. The fourth-order valence-electron chi connectivity index (χ4n) is 2.53. The van der Waals surface area contributed by atoms with Crippen LogP contribution in [0.4, 0.5) is 0 Å². The van der Waals surface area contributed by atoms with Gasteiger partial charge < -0.3 is 14.8 Å². The summed E-state index contributed by atoms with van der Waals surface area (Å²) in [4.78, 5) is 12.2. The molecule has 1 heterocycles. The third-order valence-corrected chi connectivity index (χ3v) is 7.42. The second kappa shape index (κ2) is 10.8. The van der Waals surface area contributed by atoms with E-state index in [1.807, 2.05) is 32.0 Å². The van der Waals surface area contributed by atoms with Gasteiger partial charge in [0.05, 0.1) is 24.1 Å². The van der Waals surface area contributed by atoms with Crippen LogP contribution in [0.2, 0.25) is 4.34 Å². The first-order valence-electron chi connectivity index (χ1n) is 9.14. The average molecular weight is 461 g/mol. The average Bonchev–Trinajstić information content (AvgIpc) is 3.11. The molecule has 0 aliphatic rings. The molecular formula is C19H25ClN2O5S2. The number of sulfonamides is 1. The molecule has 0 radical (unpaired) electrons. The molecule has 1 N–H and O–H groups in total. The number of thiophene rings is 1. The minimum Gasteiger partial charge on any atom is -0.490 e. The monoisotopic (exact) mass is 460 g/mol. The summed E-state index contributed by atoms with van der Waals surface area (Å²) in [6.45, 7) is 4.98. The molecule has 0 atom stereocenters. The number of hydrogen-bond donors (Lipinski definition) is 1. The van der Waals surface area contributed by atoms with Gasteiger partial charge >= 0.3 is 0 Å². The summed E-state index contributed by atoms with van der Waals surface area (Å²) in [5.41, 5.74) is 0.978. The molecule has 2 aromatic rings. The molecular weight excluding hydrogens is 436 g/mol. The lowest BCUT2D eigenvalue weighted by Gasteiger charge is -2.16. The summed E-state index contributed by atoms with van der Waals surface area (Å²) in [5.74, 6) is 0.968. The third-order valence-electron chi connectivity index (χ3n) is 3.92. The molecule has 1 amide bonds. The van der Waals surface area contributed by atoms with Crippen LogP contribution >= 0.6 is 22.9 Å². The van der Waals surface area contributed by atoms with E-state index in [9.17, 15) is 13.2 Å². The summed E-state index contributed by atoms with van der Waals surface area (Å²) in [5, 5.41) is 2.74. The lowest BCUT2D eigenvalue weighted by molar-refractivity contribution is -0.121. The maximum Gasteiger partial charge on any atom is 0.252 e. The Labute approximate surface area is 180 Å². The Hall–Kier alpha value is -1.81.